The molecule has 1 unspecified atom stereocenters. The molecule has 0 radical (unpaired) electrons. The molecule has 96 valence electrons. The van der Waals surface area contributed by atoms with Crippen LogP contribution in [0.4, 0.5) is 0 Å². The second-order valence-electron chi connectivity index (χ2n) is 4.43. The first kappa shape index (κ1) is 14.6. The lowest BCUT2D eigenvalue weighted by molar-refractivity contribution is 0.468. The van der Waals surface area contributed by atoms with E-state index in [1.807, 2.05) is 11.8 Å². The molecule has 1 aromatic rings. The first-order chi connectivity index (χ1) is 8.36. The predicted molar refractivity (Wildman–Crippen MR) is 78.8 cm³/mol. The summed E-state index contributed by atoms with van der Waals surface area (Å²) in [6.45, 7) is 2.26. The number of unbranched alkanes of at least 4 members (excludes halogenated alkanes) is 1. The van der Waals surface area contributed by atoms with Gasteiger partial charge in [-0.25, -0.2) is 0 Å². The standard InChI is InChI=1S/C15H25NS/c1-3-9-14(16-2)10-7-8-13-17-15-11-5-4-6-12-15/h4-6,11-12,14,16H,3,7-10,13H2,1-2H3. The topological polar surface area (TPSA) is 12.0 Å². The molecular formula is C15H25NS. The fourth-order valence-corrected chi connectivity index (χ4v) is 2.91. The maximum Gasteiger partial charge on any atom is 0.00719 e. The molecule has 0 aliphatic carbocycles. The third-order valence-corrected chi connectivity index (χ3v) is 4.10. The maximum absolute atomic E-state index is 3.40. The summed E-state index contributed by atoms with van der Waals surface area (Å²) in [4.78, 5) is 1.39. The summed E-state index contributed by atoms with van der Waals surface area (Å²) < 4.78 is 0. The second kappa shape index (κ2) is 9.55. The Morgan fingerprint density at radius 1 is 1.12 bits per heavy atom. The highest BCUT2D eigenvalue weighted by molar-refractivity contribution is 7.99. The normalized spacial score (nSPS) is 12.6. The van der Waals surface area contributed by atoms with E-state index in [0.717, 1.165) is 6.04 Å². The van der Waals surface area contributed by atoms with Crippen molar-refractivity contribution < 1.29 is 0 Å². The van der Waals surface area contributed by atoms with Crippen LogP contribution in [0, 0.1) is 0 Å². The molecule has 0 spiro atoms. The molecule has 0 heterocycles. The lowest BCUT2D eigenvalue weighted by atomic mass is 10.1. The Morgan fingerprint density at radius 3 is 2.53 bits per heavy atom. The van der Waals surface area contributed by atoms with Crippen molar-refractivity contribution in [3.8, 4) is 0 Å². The number of hydrogen-bond donors (Lipinski definition) is 1. The molecule has 1 aromatic carbocycles. The third kappa shape index (κ3) is 6.75. The van der Waals surface area contributed by atoms with Crippen molar-refractivity contribution in [3.05, 3.63) is 30.3 Å². The molecule has 1 atom stereocenters. The van der Waals surface area contributed by atoms with Crippen molar-refractivity contribution >= 4 is 11.8 Å². The Hall–Kier alpha value is -0.470. The van der Waals surface area contributed by atoms with Crippen LogP contribution in [0.5, 0.6) is 0 Å². The number of thioether (sulfide) groups is 1. The highest BCUT2D eigenvalue weighted by atomic mass is 32.2. The summed E-state index contributed by atoms with van der Waals surface area (Å²) in [5, 5.41) is 3.40. The van der Waals surface area contributed by atoms with E-state index in [-0.39, 0.29) is 0 Å². The van der Waals surface area contributed by atoms with Gasteiger partial charge in [-0.15, -0.1) is 11.8 Å². The highest BCUT2D eigenvalue weighted by Crippen LogP contribution is 2.19. The van der Waals surface area contributed by atoms with Gasteiger partial charge in [-0.05, 0) is 44.2 Å². The fourth-order valence-electron chi connectivity index (χ4n) is 1.98. The van der Waals surface area contributed by atoms with Gasteiger partial charge in [-0.1, -0.05) is 38.0 Å². The zero-order valence-electron chi connectivity index (χ0n) is 11.1. The smallest absolute Gasteiger partial charge is 0.00719 e. The van der Waals surface area contributed by atoms with E-state index in [1.165, 1.54) is 42.8 Å². The van der Waals surface area contributed by atoms with Crippen LogP contribution in [0.1, 0.15) is 39.0 Å². The summed E-state index contributed by atoms with van der Waals surface area (Å²) in [6, 6.07) is 11.4. The molecule has 0 aliphatic rings. The molecule has 2 heteroatoms. The zero-order chi connectivity index (χ0) is 12.3. The second-order valence-corrected chi connectivity index (χ2v) is 5.60. The van der Waals surface area contributed by atoms with Gasteiger partial charge in [0.05, 0.1) is 0 Å². The molecule has 0 bridgehead atoms. The van der Waals surface area contributed by atoms with Crippen LogP contribution in [0.2, 0.25) is 0 Å². The van der Waals surface area contributed by atoms with Crippen LogP contribution in [0.3, 0.4) is 0 Å². The van der Waals surface area contributed by atoms with Crippen LogP contribution in [0.25, 0.3) is 0 Å². The third-order valence-electron chi connectivity index (χ3n) is 3.00. The fraction of sp³-hybridized carbons (Fsp3) is 0.600. The molecule has 1 nitrogen and oxygen atoms in total. The summed E-state index contributed by atoms with van der Waals surface area (Å²) in [6.07, 6.45) is 6.57. The molecule has 0 aliphatic heterocycles. The van der Waals surface area contributed by atoms with Gasteiger partial charge >= 0.3 is 0 Å². The zero-order valence-corrected chi connectivity index (χ0v) is 11.9. The van der Waals surface area contributed by atoms with Gasteiger partial charge in [0, 0.05) is 10.9 Å². The molecular weight excluding hydrogens is 226 g/mol. The molecule has 0 fully saturated rings. The van der Waals surface area contributed by atoms with Crippen molar-refractivity contribution in [2.24, 2.45) is 0 Å². The molecule has 0 saturated heterocycles. The predicted octanol–water partition coefficient (Wildman–Crippen LogP) is 4.34. The van der Waals surface area contributed by atoms with E-state index in [2.05, 4.69) is 49.6 Å². The van der Waals surface area contributed by atoms with Gasteiger partial charge in [-0.2, -0.15) is 0 Å². The molecule has 1 N–H and O–H groups in total. The van der Waals surface area contributed by atoms with Gasteiger partial charge in [0.25, 0.3) is 0 Å². The monoisotopic (exact) mass is 251 g/mol. The minimum atomic E-state index is 0.724. The van der Waals surface area contributed by atoms with Gasteiger partial charge in [-0.3, -0.25) is 0 Å². The van der Waals surface area contributed by atoms with Gasteiger partial charge < -0.3 is 5.32 Å². The quantitative estimate of drug-likeness (QED) is 0.517. The Labute approximate surface area is 110 Å². The summed E-state index contributed by atoms with van der Waals surface area (Å²) >= 11 is 1.97. The SMILES string of the molecule is CCCC(CCCCSc1ccccc1)NC. The minimum absolute atomic E-state index is 0.724. The van der Waals surface area contributed by atoms with Crippen molar-refractivity contribution in [2.45, 2.75) is 50.0 Å². The average molecular weight is 251 g/mol. The average Bonchev–Trinajstić information content (AvgIpc) is 2.38. The maximum atomic E-state index is 3.40. The Bertz CT molecular complexity index is 274. The number of rotatable bonds is 9. The van der Waals surface area contributed by atoms with Crippen molar-refractivity contribution in [1.29, 1.82) is 0 Å². The first-order valence-electron chi connectivity index (χ1n) is 6.72. The molecule has 0 saturated carbocycles. The lowest BCUT2D eigenvalue weighted by Crippen LogP contribution is -2.24. The van der Waals surface area contributed by atoms with E-state index in [9.17, 15) is 0 Å². The van der Waals surface area contributed by atoms with Crippen LogP contribution >= 0.6 is 11.8 Å². The highest BCUT2D eigenvalue weighted by Gasteiger charge is 2.03. The first-order valence-corrected chi connectivity index (χ1v) is 7.70. The van der Waals surface area contributed by atoms with Crippen molar-refractivity contribution in [1.82, 2.24) is 5.32 Å². The van der Waals surface area contributed by atoms with Crippen LogP contribution in [-0.2, 0) is 0 Å². The van der Waals surface area contributed by atoms with E-state index >= 15 is 0 Å². The van der Waals surface area contributed by atoms with E-state index < -0.39 is 0 Å². The van der Waals surface area contributed by atoms with Crippen LogP contribution in [0.15, 0.2) is 35.2 Å². The summed E-state index contributed by atoms with van der Waals surface area (Å²) in [7, 11) is 2.08. The van der Waals surface area contributed by atoms with E-state index in [1.54, 1.807) is 0 Å². The summed E-state index contributed by atoms with van der Waals surface area (Å²) in [5.74, 6) is 1.24. The molecule has 1 rings (SSSR count). The number of nitrogens with one attached hydrogen (secondary N) is 1. The molecule has 0 amide bonds. The van der Waals surface area contributed by atoms with E-state index in [0.29, 0.717) is 0 Å². The largest absolute Gasteiger partial charge is 0.317 e. The molecule has 0 aromatic heterocycles. The molecule has 17 heavy (non-hydrogen) atoms. The lowest BCUT2D eigenvalue weighted by Gasteiger charge is -2.14. The Morgan fingerprint density at radius 2 is 1.88 bits per heavy atom. The van der Waals surface area contributed by atoms with Crippen molar-refractivity contribution in [2.75, 3.05) is 12.8 Å². The van der Waals surface area contributed by atoms with Crippen LogP contribution < -0.4 is 5.32 Å². The Balaban J connectivity index is 2.04. The number of hydrogen-bond acceptors (Lipinski definition) is 2. The van der Waals surface area contributed by atoms with Gasteiger partial charge in [0.15, 0.2) is 0 Å². The van der Waals surface area contributed by atoms with Crippen molar-refractivity contribution in [3.63, 3.8) is 0 Å². The minimum Gasteiger partial charge on any atom is -0.317 e. The van der Waals surface area contributed by atoms with Gasteiger partial charge in [0.2, 0.25) is 0 Å². The Kier molecular flexibility index (Phi) is 8.20. The number of benzene rings is 1. The summed E-state index contributed by atoms with van der Waals surface area (Å²) in [5.41, 5.74) is 0. The van der Waals surface area contributed by atoms with Crippen LogP contribution in [-0.4, -0.2) is 18.8 Å². The van der Waals surface area contributed by atoms with E-state index in [4.69, 9.17) is 0 Å². The van der Waals surface area contributed by atoms with Gasteiger partial charge in [0.1, 0.15) is 0 Å².